The van der Waals surface area contributed by atoms with Gasteiger partial charge in [-0.1, -0.05) is 25.1 Å². The molecule has 1 aromatic carbocycles. The van der Waals surface area contributed by atoms with Crippen LogP contribution in [0.25, 0.3) is 5.69 Å². The van der Waals surface area contributed by atoms with Gasteiger partial charge in [0.25, 0.3) is 0 Å². The van der Waals surface area contributed by atoms with E-state index in [1.54, 1.807) is 19.1 Å². The number of ether oxygens (including phenoxy) is 1. The van der Waals surface area contributed by atoms with E-state index in [-0.39, 0.29) is 12.3 Å². The number of hydrogen-bond acceptors (Lipinski definition) is 3. The Morgan fingerprint density at radius 3 is 2.36 bits per heavy atom. The highest BCUT2D eigenvalue weighted by Gasteiger charge is 2.62. The zero-order chi connectivity index (χ0) is 18.8. The van der Waals surface area contributed by atoms with E-state index in [1.165, 1.54) is 19.1 Å². The van der Waals surface area contributed by atoms with Crippen LogP contribution in [0.1, 0.15) is 35.5 Å². The van der Waals surface area contributed by atoms with Crippen molar-refractivity contribution in [3.8, 4) is 5.69 Å². The number of carbonyl (C=O) groups is 1. The van der Waals surface area contributed by atoms with Crippen LogP contribution >= 0.6 is 0 Å². The number of halogens is 5. The van der Waals surface area contributed by atoms with Crippen molar-refractivity contribution < 1.29 is 31.5 Å². The smallest absolute Gasteiger partial charge is 0.459 e. The Bertz CT molecular complexity index is 768. The van der Waals surface area contributed by atoms with E-state index >= 15 is 0 Å². The van der Waals surface area contributed by atoms with Gasteiger partial charge in [-0.15, -0.1) is 0 Å². The summed E-state index contributed by atoms with van der Waals surface area (Å²) >= 11 is 0. The minimum atomic E-state index is -5.90. The van der Waals surface area contributed by atoms with E-state index in [2.05, 4.69) is 9.84 Å². The number of aryl methyl sites for hydroxylation is 1. The molecule has 25 heavy (non-hydrogen) atoms. The van der Waals surface area contributed by atoms with Crippen molar-refractivity contribution in [2.45, 2.75) is 32.4 Å². The van der Waals surface area contributed by atoms with Gasteiger partial charge in [-0.25, -0.2) is 9.48 Å². The van der Waals surface area contributed by atoms with Gasteiger partial charge in [-0.3, -0.25) is 0 Å². The van der Waals surface area contributed by atoms with Crippen molar-refractivity contribution in [1.82, 2.24) is 9.78 Å². The van der Waals surface area contributed by atoms with Gasteiger partial charge >= 0.3 is 18.1 Å². The van der Waals surface area contributed by atoms with Gasteiger partial charge in [-0.2, -0.15) is 27.1 Å². The molecule has 2 rings (SSSR count). The molecule has 0 saturated heterocycles. The number of rotatable bonds is 5. The Balaban J connectivity index is 2.76. The molecule has 0 spiro atoms. The summed E-state index contributed by atoms with van der Waals surface area (Å²) in [5.74, 6) is -6.58. The molecule has 0 atom stereocenters. The first-order valence-corrected chi connectivity index (χ1v) is 7.43. The first-order valence-electron chi connectivity index (χ1n) is 7.43. The first-order chi connectivity index (χ1) is 11.6. The fourth-order valence-electron chi connectivity index (χ4n) is 2.34. The lowest BCUT2D eigenvalue weighted by molar-refractivity contribution is -0.291. The largest absolute Gasteiger partial charge is 0.462 e. The van der Waals surface area contributed by atoms with Gasteiger partial charge < -0.3 is 4.74 Å². The fourth-order valence-corrected chi connectivity index (χ4v) is 2.34. The van der Waals surface area contributed by atoms with Crippen molar-refractivity contribution in [3.63, 3.8) is 0 Å². The zero-order valence-corrected chi connectivity index (χ0v) is 13.4. The molecule has 0 aliphatic heterocycles. The second kappa shape index (κ2) is 6.81. The van der Waals surface area contributed by atoms with Gasteiger partial charge in [0, 0.05) is 0 Å². The van der Waals surface area contributed by atoms with E-state index in [0.717, 1.165) is 0 Å². The third-order valence-corrected chi connectivity index (χ3v) is 3.52. The molecule has 0 fully saturated rings. The van der Waals surface area contributed by atoms with Gasteiger partial charge in [0.15, 0.2) is 0 Å². The molecule has 0 unspecified atom stereocenters. The predicted molar refractivity (Wildman–Crippen MR) is 78.8 cm³/mol. The Hall–Kier alpha value is -2.45. The molecule has 0 bridgehead atoms. The minimum Gasteiger partial charge on any atom is -0.462 e. The van der Waals surface area contributed by atoms with Gasteiger partial charge in [-0.05, 0) is 25.0 Å². The number of esters is 1. The van der Waals surface area contributed by atoms with Gasteiger partial charge in [0.05, 0.1) is 18.5 Å². The number of nitrogens with zero attached hydrogens (tertiary/aromatic N) is 2. The molecule has 0 radical (unpaired) electrons. The zero-order valence-electron chi connectivity index (χ0n) is 13.4. The summed E-state index contributed by atoms with van der Waals surface area (Å²) in [4.78, 5) is 11.9. The summed E-state index contributed by atoms with van der Waals surface area (Å²) < 4.78 is 72.2. The highest BCUT2D eigenvalue weighted by Crippen LogP contribution is 2.46. The van der Waals surface area contributed by atoms with Crippen LogP contribution in [0.3, 0.4) is 0 Å². The van der Waals surface area contributed by atoms with E-state index in [9.17, 15) is 26.7 Å². The number of aromatic nitrogens is 2. The quantitative estimate of drug-likeness (QED) is 0.590. The topological polar surface area (TPSA) is 44.1 Å². The van der Waals surface area contributed by atoms with Crippen LogP contribution in [-0.4, -0.2) is 28.5 Å². The molecule has 0 N–H and O–H groups in total. The second-order valence-electron chi connectivity index (χ2n) is 5.09. The molecule has 4 nitrogen and oxygen atoms in total. The van der Waals surface area contributed by atoms with Crippen LogP contribution in [0.15, 0.2) is 30.5 Å². The summed E-state index contributed by atoms with van der Waals surface area (Å²) in [5.41, 5.74) is -1.94. The van der Waals surface area contributed by atoms with Crippen LogP contribution in [0, 0.1) is 0 Å². The molecule has 0 aliphatic carbocycles. The molecule has 0 aliphatic rings. The van der Waals surface area contributed by atoms with E-state index < -0.39 is 29.3 Å². The lowest BCUT2D eigenvalue weighted by Crippen LogP contribution is -2.37. The van der Waals surface area contributed by atoms with Crippen LogP contribution in [0.4, 0.5) is 22.0 Å². The molecule has 2 aromatic rings. The third-order valence-electron chi connectivity index (χ3n) is 3.52. The maximum Gasteiger partial charge on any atom is 0.459 e. The average molecular weight is 362 g/mol. The van der Waals surface area contributed by atoms with Crippen LogP contribution in [0.2, 0.25) is 0 Å². The summed E-state index contributed by atoms with van der Waals surface area (Å²) in [6, 6.07) is 6.04. The maximum atomic E-state index is 14.1. The van der Waals surface area contributed by atoms with Gasteiger partial charge in [0.2, 0.25) is 0 Å². The van der Waals surface area contributed by atoms with E-state index in [0.29, 0.717) is 22.9 Å². The molecule has 0 amide bonds. The third kappa shape index (κ3) is 3.35. The van der Waals surface area contributed by atoms with Crippen molar-refractivity contribution in [3.05, 3.63) is 47.3 Å². The van der Waals surface area contributed by atoms with Crippen molar-refractivity contribution in [2.24, 2.45) is 0 Å². The van der Waals surface area contributed by atoms with Crippen LogP contribution in [-0.2, 0) is 17.1 Å². The monoisotopic (exact) mass is 362 g/mol. The molecule has 9 heteroatoms. The lowest BCUT2D eigenvalue weighted by atomic mass is 10.1. The van der Waals surface area contributed by atoms with Crippen LogP contribution < -0.4 is 0 Å². The number of alkyl halides is 5. The van der Waals surface area contributed by atoms with Crippen molar-refractivity contribution in [1.29, 1.82) is 0 Å². The number of para-hydroxylation sites is 1. The molecule has 136 valence electrons. The SMILES string of the molecule is CCOC(=O)c1cnn(-c2ccccc2CC)c1C(F)(F)C(F)(F)F. The maximum absolute atomic E-state index is 14.1. The van der Waals surface area contributed by atoms with Crippen molar-refractivity contribution in [2.75, 3.05) is 6.61 Å². The average Bonchev–Trinajstić information content (AvgIpc) is 2.99. The predicted octanol–water partition coefficient (Wildman–Crippen LogP) is 4.27. The van der Waals surface area contributed by atoms with E-state index in [1.807, 2.05) is 0 Å². The van der Waals surface area contributed by atoms with Gasteiger partial charge in [0.1, 0.15) is 11.3 Å². The number of carbonyl (C=O) groups excluding carboxylic acids is 1. The fraction of sp³-hybridized carbons (Fsp3) is 0.375. The Morgan fingerprint density at radius 2 is 1.80 bits per heavy atom. The highest BCUT2D eigenvalue weighted by molar-refractivity contribution is 5.91. The summed E-state index contributed by atoms with van der Waals surface area (Å²) in [6.07, 6.45) is -4.85. The second-order valence-corrected chi connectivity index (χ2v) is 5.09. The van der Waals surface area contributed by atoms with E-state index in [4.69, 9.17) is 0 Å². The minimum absolute atomic E-state index is 0.0412. The van der Waals surface area contributed by atoms with Crippen molar-refractivity contribution >= 4 is 5.97 Å². The Kier molecular flexibility index (Phi) is 5.15. The standard InChI is InChI=1S/C16H15F5N2O2/c1-3-10-7-5-6-8-12(10)23-13(15(17,18)16(19,20)21)11(9-22-23)14(24)25-4-2/h5-9H,3-4H2,1-2H3. The summed E-state index contributed by atoms with van der Waals surface area (Å²) in [7, 11) is 0. The summed E-state index contributed by atoms with van der Waals surface area (Å²) in [6.45, 7) is 2.96. The number of hydrogen-bond donors (Lipinski definition) is 0. The molecule has 0 saturated carbocycles. The molecule has 1 aromatic heterocycles. The molecular formula is C16H15F5N2O2. The Labute approximate surface area is 140 Å². The highest BCUT2D eigenvalue weighted by atomic mass is 19.4. The first kappa shape index (κ1) is 18.9. The Morgan fingerprint density at radius 1 is 1.16 bits per heavy atom. The number of benzene rings is 1. The summed E-state index contributed by atoms with van der Waals surface area (Å²) in [5, 5.41) is 3.61. The molecule has 1 heterocycles. The normalized spacial score (nSPS) is 12.3. The van der Waals surface area contributed by atoms with Crippen LogP contribution in [0.5, 0.6) is 0 Å². The lowest BCUT2D eigenvalue weighted by Gasteiger charge is -2.22. The molecular weight excluding hydrogens is 347 g/mol.